The number of sulfonamides is 1. The summed E-state index contributed by atoms with van der Waals surface area (Å²) in [4.78, 5) is 17.2. The standard InChI is InChI=1S/C23H38N4O3S/c1-20(2)18-21-6-8-22(9-7-21)31(29,30)27(17-16-25-12-4-3-5-13-25)19-23(28)26-14-10-24-11-15-26/h6-9,20,24H,3-5,10-19H2,1-2H3. The molecule has 0 bridgehead atoms. The summed E-state index contributed by atoms with van der Waals surface area (Å²) in [5, 5.41) is 3.23. The second-order valence-electron chi connectivity index (χ2n) is 9.11. The first-order valence-electron chi connectivity index (χ1n) is 11.7. The fourth-order valence-corrected chi connectivity index (χ4v) is 5.68. The highest BCUT2D eigenvalue weighted by molar-refractivity contribution is 7.89. The van der Waals surface area contributed by atoms with Crippen LogP contribution in [0.4, 0.5) is 0 Å². The first kappa shape index (κ1) is 24.2. The van der Waals surface area contributed by atoms with E-state index in [0.717, 1.165) is 51.0 Å². The molecule has 2 saturated heterocycles. The molecule has 8 heteroatoms. The van der Waals surface area contributed by atoms with Crippen molar-refractivity contribution < 1.29 is 13.2 Å². The maximum atomic E-state index is 13.5. The van der Waals surface area contributed by atoms with Gasteiger partial charge >= 0.3 is 0 Å². The van der Waals surface area contributed by atoms with E-state index in [-0.39, 0.29) is 17.3 Å². The number of hydrogen-bond acceptors (Lipinski definition) is 5. The molecule has 2 aliphatic rings. The van der Waals surface area contributed by atoms with Crippen molar-refractivity contribution in [3.63, 3.8) is 0 Å². The second kappa shape index (κ2) is 11.4. The molecule has 1 N–H and O–H groups in total. The lowest BCUT2D eigenvalue weighted by molar-refractivity contribution is -0.132. The summed E-state index contributed by atoms with van der Waals surface area (Å²) in [6.07, 6.45) is 4.47. The van der Waals surface area contributed by atoms with Gasteiger partial charge in [0.25, 0.3) is 0 Å². The van der Waals surface area contributed by atoms with Crippen molar-refractivity contribution in [1.82, 2.24) is 19.4 Å². The molecule has 7 nitrogen and oxygen atoms in total. The Hall–Kier alpha value is -1.48. The third-order valence-electron chi connectivity index (χ3n) is 6.10. The predicted molar refractivity (Wildman–Crippen MR) is 123 cm³/mol. The summed E-state index contributed by atoms with van der Waals surface area (Å²) in [5.41, 5.74) is 1.13. The van der Waals surface area contributed by atoms with Crippen LogP contribution in [0, 0.1) is 5.92 Å². The van der Waals surface area contributed by atoms with Gasteiger partial charge in [-0.2, -0.15) is 4.31 Å². The molecule has 2 heterocycles. The number of amides is 1. The maximum absolute atomic E-state index is 13.5. The van der Waals surface area contributed by atoms with Crippen LogP contribution >= 0.6 is 0 Å². The minimum atomic E-state index is -3.74. The molecule has 31 heavy (non-hydrogen) atoms. The van der Waals surface area contributed by atoms with Gasteiger partial charge in [-0.3, -0.25) is 4.79 Å². The van der Waals surface area contributed by atoms with Crippen LogP contribution in [0.25, 0.3) is 0 Å². The average molecular weight is 451 g/mol. The van der Waals surface area contributed by atoms with Gasteiger partial charge in [0.15, 0.2) is 0 Å². The van der Waals surface area contributed by atoms with Crippen molar-refractivity contribution in [2.45, 2.75) is 44.4 Å². The summed E-state index contributed by atoms with van der Waals surface area (Å²) < 4.78 is 28.4. The van der Waals surface area contributed by atoms with Crippen molar-refractivity contribution >= 4 is 15.9 Å². The number of rotatable bonds is 9. The van der Waals surface area contributed by atoms with Gasteiger partial charge in [0, 0.05) is 39.3 Å². The summed E-state index contributed by atoms with van der Waals surface area (Å²) in [6, 6.07) is 7.17. The van der Waals surface area contributed by atoms with E-state index in [1.807, 2.05) is 12.1 Å². The zero-order valence-electron chi connectivity index (χ0n) is 19.1. The van der Waals surface area contributed by atoms with Crippen LogP contribution in [0.2, 0.25) is 0 Å². The first-order valence-corrected chi connectivity index (χ1v) is 13.1. The van der Waals surface area contributed by atoms with Gasteiger partial charge in [0.2, 0.25) is 15.9 Å². The number of benzene rings is 1. The highest BCUT2D eigenvalue weighted by Gasteiger charge is 2.29. The minimum Gasteiger partial charge on any atom is -0.339 e. The Morgan fingerprint density at radius 1 is 1.03 bits per heavy atom. The van der Waals surface area contributed by atoms with E-state index in [9.17, 15) is 13.2 Å². The van der Waals surface area contributed by atoms with Crippen LogP contribution in [0.5, 0.6) is 0 Å². The molecule has 0 radical (unpaired) electrons. The van der Waals surface area contributed by atoms with Crippen LogP contribution in [0.15, 0.2) is 29.2 Å². The number of likely N-dealkylation sites (tertiary alicyclic amines) is 1. The Labute approximate surface area is 187 Å². The van der Waals surface area contributed by atoms with E-state index in [0.29, 0.717) is 32.1 Å². The van der Waals surface area contributed by atoms with Crippen LogP contribution in [0.3, 0.4) is 0 Å². The fourth-order valence-electron chi connectivity index (χ4n) is 4.30. The van der Waals surface area contributed by atoms with E-state index in [2.05, 4.69) is 24.1 Å². The Balaban J connectivity index is 1.74. The van der Waals surface area contributed by atoms with Crippen LogP contribution in [-0.4, -0.2) is 87.3 Å². The van der Waals surface area contributed by atoms with Crippen molar-refractivity contribution in [3.8, 4) is 0 Å². The van der Waals surface area contributed by atoms with Crippen LogP contribution in [-0.2, 0) is 21.2 Å². The Bertz CT molecular complexity index is 799. The lowest BCUT2D eigenvalue weighted by atomic mass is 10.0. The topological polar surface area (TPSA) is 73.0 Å². The van der Waals surface area contributed by atoms with E-state index in [4.69, 9.17) is 0 Å². The largest absolute Gasteiger partial charge is 0.339 e. The molecule has 0 aliphatic carbocycles. The fraction of sp³-hybridized carbons (Fsp3) is 0.696. The number of nitrogens with zero attached hydrogens (tertiary/aromatic N) is 3. The molecule has 2 aliphatic heterocycles. The van der Waals surface area contributed by atoms with Crippen molar-refractivity contribution in [2.24, 2.45) is 5.92 Å². The number of nitrogens with one attached hydrogen (secondary N) is 1. The van der Waals surface area contributed by atoms with Gasteiger partial charge in [0.05, 0.1) is 11.4 Å². The molecular weight excluding hydrogens is 412 g/mol. The Morgan fingerprint density at radius 3 is 2.29 bits per heavy atom. The summed E-state index contributed by atoms with van der Waals surface area (Å²) >= 11 is 0. The molecular formula is C23H38N4O3S. The highest BCUT2D eigenvalue weighted by Crippen LogP contribution is 2.19. The third-order valence-corrected chi connectivity index (χ3v) is 7.96. The molecule has 1 aromatic rings. The number of hydrogen-bond donors (Lipinski definition) is 1. The number of piperidine rings is 1. The van der Waals surface area contributed by atoms with Crippen LogP contribution in [0.1, 0.15) is 38.7 Å². The van der Waals surface area contributed by atoms with Crippen molar-refractivity contribution in [3.05, 3.63) is 29.8 Å². The van der Waals surface area contributed by atoms with E-state index in [1.165, 1.54) is 10.7 Å². The molecule has 174 valence electrons. The van der Waals surface area contributed by atoms with E-state index >= 15 is 0 Å². The van der Waals surface area contributed by atoms with E-state index < -0.39 is 10.0 Å². The minimum absolute atomic E-state index is 0.0933. The third kappa shape index (κ3) is 7.00. The number of carbonyl (C=O) groups is 1. The normalized spacial score (nSPS) is 18.6. The Morgan fingerprint density at radius 2 is 1.68 bits per heavy atom. The predicted octanol–water partition coefficient (Wildman–Crippen LogP) is 1.79. The molecule has 3 rings (SSSR count). The zero-order chi connectivity index (χ0) is 22.3. The van der Waals surface area contributed by atoms with Crippen molar-refractivity contribution in [2.75, 3.05) is 58.9 Å². The first-order chi connectivity index (χ1) is 14.9. The average Bonchev–Trinajstić information content (AvgIpc) is 2.77. The van der Waals surface area contributed by atoms with Gasteiger partial charge in [-0.15, -0.1) is 0 Å². The molecule has 0 atom stereocenters. The SMILES string of the molecule is CC(C)Cc1ccc(S(=O)(=O)N(CCN2CCCCC2)CC(=O)N2CCNCC2)cc1. The zero-order valence-corrected chi connectivity index (χ0v) is 19.9. The van der Waals surface area contributed by atoms with Gasteiger partial charge in [-0.1, -0.05) is 32.4 Å². The molecule has 1 amide bonds. The maximum Gasteiger partial charge on any atom is 0.243 e. The molecule has 0 saturated carbocycles. The second-order valence-corrected chi connectivity index (χ2v) is 11.1. The van der Waals surface area contributed by atoms with Gasteiger partial charge in [-0.25, -0.2) is 8.42 Å². The smallest absolute Gasteiger partial charge is 0.243 e. The quantitative estimate of drug-likeness (QED) is 0.621. The highest BCUT2D eigenvalue weighted by atomic mass is 32.2. The van der Waals surface area contributed by atoms with Crippen LogP contribution < -0.4 is 5.32 Å². The summed E-state index contributed by atoms with van der Waals surface area (Å²) in [7, 11) is -3.74. The van der Waals surface area contributed by atoms with Crippen molar-refractivity contribution in [1.29, 1.82) is 0 Å². The molecule has 2 fully saturated rings. The van der Waals surface area contributed by atoms with Gasteiger partial charge in [0.1, 0.15) is 0 Å². The summed E-state index contributed by atoms with van der Waals surface area (Å²) in [5.74, 6) is 0.403. The summed E-state index contributed by atoms with van der Waals surface area (Å²) in [6.45, 7) is 9.98. The molecule has 0 unspecified atom stereocenters. The monoisotopic (exact) mass is 450 g/mol. The molecule has 0 spiro atoms. The van der Waals surface area contributed by atoms with E-state index in [1.54, 1.807) is 17.0 Å². The number of carbonyl (C=O) groups excluding carboxylic acids is 1. The van der Waals surface area contributed by atoms with Gasteiger partial charge in [-0.05, 0) is 56.0 Å². The lowest BCUT2D eigenvalue weighted by Crippen LogP contribution is -2.51. The molecule has 0 aromatic heterocycles. The lowest BCUT2D eigenvalue weighted by Gasteiger charge is -2.32. The van der Waals surface area contributed by atoms with Gasteiger partial charge < -0.3 is 15.1 Å². The molecule has 1 aromatic carbocycles. The Kier molecular flexibility index (Phi) is 8.89. The number of piperazine rings is 1.